The summed E-state index contributed by atoms with van der Waals surface area (Å²) in [5, 5.41) is 15.1. The highest BCUT2D eigenvalue weighted by atomic mass is 16.5. The van der Waals surface area contributed by atoms with Gasteiger partial charge in [-0.3, -0.25) is 9.39 Å². The molecule has 0 saturated carbocycles. The van der Waals surface area contributed by atoms with Crippen molar-refractivity contribution in [2.75, 3.05) is 34.8 Å². The zero-order valence-corrected chi connectivity index (χ0v) is 16.8. The number of benzene rings is 1. The number of pyridine rings is 1. The van der Waals surface area contributed by atoms with E-state index in [1.807, 2.05) is 47.0 Å². The average Bonchev–Trinajstić information content (AvgIpc) is 3.13. The zero-order chi connectivity index (χ0) is 19.9. The van der Waals surface area contributed by atoms with Gasteiger partial charge in [0.05, 0.1) is 19.7 Å². The molecule has 1 unspecified atom stereocenters. The fourth-order valence-electron chi connectivity index (χ4n) is 3.10. The van der Waals surface area contributed by atoms with Crippen LogP contribution in [0.2, 0.25) is 0 Å². The number of hydrogen-bond donors (Lipinski definition) is 2. The Labute approximate surface area is 165 Å². The van der Waals surface area contributed by atoms with Crippen molar-refractivity contribution in [2.24, 2.45) is 4.99 Å². The first-order chi connectivity index (χ1) is 13.6. The number of para-hydroxylation sites is 1. The molecule has 8 nitrogen and oxygen atoms in total. The summed E-state index contributed by atoms with van der Waals surface area (Å²) >= 11 is 0. The SMILES string of the molecule is CN=C(NCc1nnc2ccccn12)NCC(c1ccccc1OC)N(C)C. The third-order valence-corrected chi connectivity index (χ3v) is 4.61. The minimum Gasteiger partial charge on any atom is -0.496 e. The van der Waals surface area contributed by atoms with E-state index in [-0.39, 0.29) is 6.04 Å². The Morgan fingerprint density at radius 3 is 2.68 bits per heavy atom. The first-order valence-electron chi connectivity index (χ1n) is 9.16. The lowest BCUT2D eigenvalue weighted by Gasteiger charge is -2.27. The van der Waals surface area contributed by atoms with Gasteiger partial charge in [0.1, 0.15) is 5.75 Å². The molecule has 0 spiro atoms. The molecule has 2 N–H and O–H groups in total. The molecule has 3 aromatic rings. The number of nitrogens with one attached hydrogen (secondary N) is 2. The van der Waals surface area contributed by atoms with Crippen molar-refractivity contribution in [3.05, 3.63) is 60.0 Å². The number of nitrogens with zero attached hydrogens (tertiary/aromatic N) is 5. The Morgan fingerprint density at radius 1 is 1.14 bits per heavy atom. The summed E-state index contributed by atoms with van der Waals surface area (Å²) in [5.74, 6) is 2.41. The summed E-state index contributed by atoms with van der Waals surface area (Å²) < 4.78 is 7.48. The molecular formula is C20H27N7O. The number of fused-ring (bicyclic) bond motifs is 1. The second-order valence-electron chi connectivity index (χ2n) is 6.57. The van der Waals surface area contributed by atoms with E-state index < -0.39 is 0 Å². The highest BCUT2D eigenvalue weighted by Gasteiger charge is 2.18. The van der Waals surface area contributed by atoms with Gasteiger partial charge in [-0.05, 0) is 32.3 Å². The van der Waals surface area contributed by atoms with Crippen LogP contribution in [-0.2, 0) is 6.54 Å². The Hall–Kier alpha value is -3.13. The van der Waals surface area contributed by atoms with Gasteiger partial charge in [0, 0.05) is 25.4 Å². The molecule has 8 heteroatoms. The normalized spacial score (nSPS) is 13.0. The summed E-state index contributed by atoms with van der Waals surface area (Å²) in [6.45, 7) is 1.19. The molecule has 0 aliphatic heterocycles. The minimum atomic E-state index is 0.128. The molecule has 3 rings (SSSR count). The molecule has 0 aliphatic carbocycles. The van der Waals surface area contributed by atoms with Crippen molar-refractivity contribution in [3.63, 3.8) is 0 Å². The van der Waals surface area contributed by atoms with Gasteiger partial charge in [0.2, 0.25) is 0 Å². The third-order valence-electron chi connectivity index (χ3n) is 4.61. The van der Waals surface area contributed by atoms with Gasteiger partial charge >= 0.3 is 0 Å². The third kappa shape index (κ3) is 4.40. The van der Waals surface area contributed by atoms with Crippen LogP contribution in [0.3, 0.4) is 0 Å². The van der Waals surface area contributed by atoms with Gasteiger partial charge in [-0.2, -0.15) is 0 Å². The van der Waals surface area contributed by atoms with Crippen LogP contribution in [0.25, 0.3) is 5.65 Å². The van der Waals surface area contributed by atoms with E-state index >= 15 is 0 Å². The Bertz CT molecular complexity index is 935. The van der Waals surface area contributed by atoms with E-state index in [1.54, 1.807) is 14.2 Å². The van der Waals surface area contributed by atoms with Gasteiger partial charge in [-0.25, -0.2) is 0 Å². The van der Waals surface area contributed by atoms with Gasteiger partial charge in [0.15, 0.2) is 17.4 Å². The molecule has 0 radical (unpaired) electrons. The highest BCUT2D eigenvalue weighted by Crippen LogP contribution is 2.27. The Balaban J connectivity index is 1.65. The van der Waals surface area contributed by atoms with Crippen LogP contribution in [0.5, 0.6) is 5.75 Å². The van der Waals surface area contributed by atoms with Crippen LogP contribution in [0, 0.1) is 0 Å². The number of aliphatic imine (C=N–C) groups is 1. The molecule has 0 aliphatic rings. The van der Waals surface area contributed by atoms with E-state index in [2.05, 4.69) is 50.9 Å². The smallest absolute Gasteiger partial charge is 0.191 e. The Morgan fingerprint density at radius 2 is 1.93 bits per heavy atom. The second-order valence-corrected chi connectivity index (χ2v) is 6.57. The number of methoxy groups -OCH3 is 1. The first-order valence-corrected chi connectivity index (χ1v) is 9.16. The predicted octanol–water partition coefficient (Wildman–Crippen LogP) is 1.71. The maximum absolute atomic E-state index is 5.53. The van der Waals surface area contributed by atoms with Crippen LogP contribution in [-0.4, -0.2) is 60.3 Å². The molecule has 2 aromatic heterocycles. The molecule has 148 valence electrons. The fraction of sp³-hybridized carbons (Fsp3) is 0.350. The maximum Gasteiger partial charge on any atom is 0.191 e. The molecular weight excluding hydrogens is 354 g/mol. The van der Waals surface area contributed by atoms with Gasteiger partial charge in [0.25, 0.3) is 0 Å². The van der Waals surface area contributed by atoms with Gasteiger partial charge < -0.3 is 20.3 Å². The monoisotopic (exact) mass is 381 g/mol. The van der Waals surface area contributed by atoms with Crippen LogP contribution in [0.1, 0.15) is 17.4 Å². The maximum atomic E-state index is 5.53. The van der Waals surface area contributed by atoms with Crippen molar-refractivity contribution in [1.82, 2.24) is 30.1 Å². The van der Waals surface area contributed by atoms with Crippen LogP contribution in [0.4, 0.5) is 0 Å². The number of rotatable bonds is 7. The number of aromatic nitrogens is 3. The van der Waals surface area contributed by atoms with Crippen LogP contribution in [0.15, 0.2) is 53.7 Å². The average molecular weight is 381 g/mol. The van der Waals surface area contributed by atoms with Crippen molar-refractivity contribution in [2.45, 2.75) is 12.6 Å². The molecule has 28 heavy (non-hydrogen) atoms. The van der Waals surface area contributed by atoms with Crippen LogP contribution < -0.4 is 15.4 Å². The van der Waals surface area contributed by atoms with Crippen molar-refractivity contribution < 1.29 is 4.74 Å². The quantitative estimate of drug-likeness (QED) is 0.479. The molecule has 0 amide bonds. The molecule has 1 atom stereocenters. The number of guanidine groups is 1. The molecule has 1 aromatic carbocycles. The lowest BCUT2D eigenvalue weighted by molar-refractivity contribution is 0.287. The summed E-state index contributed by atoms with van der Waals surface area (Å²) in [4.78, 5) is 6.48. The molecule has 0 saturated heterocycles. The van der Waals surface area contributed by atoms with Gasteiger partial charge in [-0.1, -0.05) is 24.3 Å². The number of hydrogen-bond acceptors (Lipinski definition) is 5. The standard InChI is InChI=1S/C20H27N7O/c1-21-20(23-14-19-25-24-18-11-7-8-12-27(18)19)22-13-16(26(2)3)15-9-5-6-10-17(15)28-4/h5-12,16H,13-14H2,1-4H3,(H2,21,22,23). The lowest BCUT2D eigenvalue weighted by atomic mass is 10.0. The highest BCUT2D eigenvalue weighted by molar-refractivity contribution is 5.79. The summed E-state index contributed by atoms with van der Waals surface area (Å²) in [6.07, 6.45) is 1.95. The van der Waals surface area contributed by atoms with Gasteiger partial charge in [-0.15, -0.1) is 10.2 Å². The fourth-order valence-corrected chi connectivity index (χ4v) is 3.10. The van der Waals surface area contributed by atoms with E-state index in [1.165, 1.54) is 0 Å². The molecule has 2 heterocycles. The second kappa shape index (κ2) is 9.18. The first kappa shape index (κ1) is 19.6. The van der Waals surface area contributed by atoms with Crippen molar-refractivity contribution in [1.29, 1.82) is 0 Å². The summed E-state index contributed by atoms with van der Waals surface area (Å²) in [5.41, 5.74) is 1.95. The zero-order valence-electron chi connectivity index (χ0n) is 16.8. The van der Waals surface area contributed by atoms with E-state index in [9.17, 15) is 0 Å². The summed E-state index contributed by atoms with van der Waals surface area (Å²) in [7, 11) is 7.56. The molecule has 0 fully saturated rings. The topological polar surface area (TPSA) is 79.1 Å². The summed E-state index contributed by atoms with van der Waals surface area (Å²) in [6, 6.07) is 14.0. The van der Waals surface area contributed by atoms with Crippen LogP contribution >= 0.6 is 0 Å². The minimum absolute atomic E-state index is 0.128. The van der Waals surface area contributed by atoms with Crippen molar-refractivity contribution in [3.8, 4) is 5.75 Å². The Kier molecular flexibility index (Phi) is 6.44. The lowest BCUT2D eigenvalue weighted by Crippen LogP contribution is -2.41. The van der Waals surface area contributed by atoms with E-state index in [0.717, 1.165) is 22.8 Å². The van der Waals surface area contributed by atoms with E-state index in [0.29, 0.717) is 19.0 Å². The largest absolute Gasteiger partial charge is 0.496 e. The number of ether oxygens (including phenoxy) is 1. The predicted molar refractivity (Wildman–Crippen MR) is 111 cm³/mol. The number of likely N-dealkylation sites (N-methyl/N-ethyl adjacent to an activating group) is 1. The van der Waals surface area contributed by atoms with E-state index in [4.69, 9.17) is 4.74 Å². The molecule has 0 bridgehead atoms. The van der Waals surface area contributed by atoms with Crippen molar-refractivity contribution >= 4 is 11.6 Å².